The lowest BCUT2D eigenvalue weighted by Gasteiger charge is -2.03. The van der Waals surface area contributed by atoms with Crippen molar-refractivity contribution in [1.82, 2.24) is 9.97 Å². The summed E-state index contributed by atoms with van der Waals surface area (Å²) >= 11 is 5.93. The first-order chi connectivity index (χ1) is 9.22. The number of halogens is 1. The molecule has 1 heterocycles. The lowest BCUT2D eigenvalue weighted by Crippen LogP contribution is -2.12. The van der Waals surface area contributed by atoms with Crippen LogP contribution in [0.2, 0.25) is 5.02 Å². The Hall–Kier alpha value is -2.13. The van der Waals surface area contributed by atoms with Gasteiger partial charge in [-0.3, -0.25) is 4.79 Å². The van der Waals surface area contributed by atoms with Crippen LogP contribution in [0.15, 0.2) is 53.3 Å². The van der Waals surface area contributed by atoms with Crippen LogP contribution in [0.4, 0.5) is 0 Å². The van der Waals surface area contributed by atoms with Gasteiger partial charge in [-0.25, -0.2) is 4.98 Å². The summed E-state index contributed by atoms with van der Waals surface area (Å²) in [6.45, 7) is 0. The first kappa shape index (κ1) is 11.9. The SMILES string of the molecule is O=c1[nH]c(Cc2ccccc2)nc2cc(Cl)ccc12. The fraction of sp³-hybridized carbons (Fsp3) is 0.0667. The summed E-state index contributed by atoms with van der Waals surface area (Å²) in [5, 5.41) is 1.14. The van der Waals surface area contributed by atoms with E-state index in [1.54, 1.807) is 18.2 Å². The van der Waals surface area contributed by atoms with Crippen molar-refractivity contribution in [3.63, 3.8) is 0 Å². The van der Waals surface area contributed by atoms with Gasteiger partial charge < -0.3 is 4.98 Å². The molecule has 3 rings (SSSR count). The molecular weight excluding hydrogens is 260 g/mol. The zero-order valence-corrected chi connectivity index (χ0v) is 10.8. The van der Waals surface area contributed by atoms with E-state index >= 15 is 0 Å². The Bertz CT molecular complexity index is 781. The van der Waals surface area contributed by atoms with E-state index in [1.165, 1.54) is 0 Å². The van der Waals surface area contributed by atoms with Gasteiger partial charge in [0.1, 0.15) is 5.82 Å². The maximum atomic E-state index is 12.0. The number of hydrogen-bond acceptors (Lipinski definition) is 2. The van der Waals surface area contributed by atoms with Crippen LogP contribution in [-0.4, -0.2) is 9.97 Å². The van der Waals surface area contributed by atoms with Crippen molar-refractivity contribution in [1.29, 1.82) is 0 Å². The minimum absolute atomic E-state index is 0.132. The van der Waals surface area contributed by atoms with Crippen molar-refractivity contribution in [2.75, 3.05) is 0 Å². The molecule has 0 aliphatic heterocycles. The zero-order chi connectivity index (χ0) is 13.2. The second-order valence-corrected chi connectivity index (χ2v) is 4.77. The fourth-order valence-electron chi connectivity index (χ4n) is 2.03. The average molecular weight is 271 g/mol. The molecule has 0 spiro atoms. The lowest BCUT2D eigenvalue weighted by molar-refractivity contribution is 0.973. The van der Waals surface area contributed by atoms with Gasteiger partial charge in [-0.1, -0.05) is 41.9 Å². The van der Waals surface area contributed by atoms with Crippen LogP contribution in [0, 0.1) is 0 Å². The molecular formula is C15H11ClN2O. The van der Waals surface area contributed by atoms with E-state index in [0.29, 0.717) is 28.2 Å². The molecule has 0 bridgehead atoms. The van der Waals surface area contributed by atoms with E-state index in [4.69, 9.17) is 11.6 Å². The van der Waals surface area contributed by atoms with Crippen molar-refractivity contribution in [3.8, 4) is 0 Å². The third kappa shape index (κ3) is 2.51. The third-order valence-corrected chi connectivity index (χ3v) is 3.17. The number of nitrogens with one attached hydrogen (secondary N) is 1. The molecule has 0 fully saturated rings. The van der Waals surface area contributed by atoms with Crippen molar-refractivity contribution in [3.05, 3.63) is 75.3 Å². The van der Waals surface area contributed by atoms with E-state index in [0.717, 1.165) is 5.56 Å². The van der Waals surface area contributed by atoms with E-state index in [1.807, 2.05) is 30.3 Å². The Morgan fingerprint density at radius 3 is 2.68 bits per heavy atom. The summed E-state index contributed by atoms with van der Waals surface area (Å²) in [7, 11) is 0. The Morgan fingerprint density at radius 2 is 1.89 bits per heavy atom. The smallest absolute Gasteiger partial charge is 0.258 e. The van der Waals surface area contributed by atoms with Crippen LogP contribution in [0.3, 0.4) is 0 Å². The van der Waals surface area contributed by atoms with Gasteiger partial charge >= 0.3 is 0 Å². The van der Waals surface area contributed by atoms with Crippen LogP contribution >= 0.6 is 11.6 Å². The molecule has 0 atom stereocenters. The van der Waals surface area contributed by atoms with Gasteiger partial charge in [0.05, 0.1) is 10.9 Å². The highest BCUT2D eigenvalue weighted by Crippen LogP contribution is 2.15. The number of H-pyrrole nitrogens is 1. The molecule has 0 radical (unpaired) electrons. The van der Waals surface area contributed by atoms with Crippen LogP contribution in [0.25, 0.3) is 10.9 Å². The first-order valence-electron chi connectivity index (χ1n) is 5.95. The van der Waals surface area contributed by atoms with Crippen LogP contribution in [0.1, 0.15) is 11.4 Å². The van der Waals surface area contributed by atoms with Gasteiger partial charge in [0, 0.05) is 11.4 Å². The average Bonchev–Trinajstić information content (AvgIpc) is 2.39. The summed E-state index contributed by atoms with van der Waals surface area (Å²) in [5.41, 5.74) is 1.60. The number of aromatic amines is 1. The molecule has 2 aromatic carbocycles. The third-order valence-electron chi connectivity index (χ3n) is 2.93. The summed E-state index contributed by atoms with van der Waals surface area (Å²) in [4.78, 5) is 19.2. The van der Waals surface area contributed by atoms with Gasteiger partial charge in [0.25, 0.3) is 5.56 Å². The Kier molecular flexibility index (Phi) is 3.05. The Balaban J connectivity index is 2.08. The highest BCUT2D eigenvalue weighted by molar-refractivity contribution is 6.31. The summed E-state index contributed by atoms with van der Waals surface area (Å²) in [6, 6.07) is 15.0. The quantitative estimate of drug-likeness (QED) is 0.777. The molecule has 0 aliphatic carbocycles. The second kappa shape index (κ2) is 4.86. The molecule has 0 saturated heterocycles. The fourth-order valence-corrected chi connectivity index (χ4v) is 2.20. The van der Waals surface area contributed by atoms with E-state index in [9.17, 15) is 4.79 Å². The number of hydrogen-bond donors (Lipinski definition) is 1. The lowest BCUT2D eigenvalue weighted by atomic mass is 10.1. The Morgan fingerprint density at radius 1 is 1.11 bits per heavy atom. The maximum absolute atomic E-state index is 12.0. The molecule has 0 aliphatic rings. The van der Waals surface area contributed by atoms with Crippen LogP contribution in [-0.2, 0) is 6.42 Å². The van der Waals surface area contributed by atoms with Gasteiger partial charge in [0.2, 0.25) is 0 Å². The largest absolute Gasteiger partial charge is 0.310 e. The predicted octanol–water partition coefficient (Wildman–Crippen LogP) is 3.17. The van der Waals surface area contributed by atoms with Gasteiger partial charge in [0.15, 0.2) is 0 Å². The molecule has 0 amide bonds. The van der Waals surface area contributed by atoms with Crippen LogP contribution in [0.5, 0.6) is 0 Å². The number of aromatic nitrogens is 2. The first-order valence-corrected chi connectivity index (χ1v) is 6.32. The number of nitrogens with zero attached hydrogens (tertiary/aromatic N) is 1. The molecule has 3 aromatic rings. The molecule has 0 saturated carbocycles. The molecule has 4 heteroatoms. The molecule has 3 nitrogen and oxygen atoms in total. The normalized spacial score (nSPS) is 10.8. The van der Waals surface area contributed by atoms with E-state index in [2.05, 4.69) is 9.97 Å². The van der Waals surface area contributed by atoms with Gasteiger partial charge in [-0.15, -0.1) is 0 Å². The highest BCUT2D eigenvalue weighted by atomic mass is 35.5. The van der Waals surface area contributed by atoms with Gasteiger partial charge in [-0.2, -0.15) is 0 Å². The molecule has 1 N–H and O–H groups in total. The van der Waals surface area contributed by atoms with Crippen molar-refractivity contribution >= 4 is 22.5 Å². The monoisotopic (exact) mass is 270 g/mol. The predicted molar refractivity (Wildman–Crippen MR) is 76.6 cm³/mol. The minimum atomic E-state index is -0.132. The van der Waals surface area contributed by atoms with Gasteiger partial charge in [-0.05, 0) is 23.8 Å². The van der Waals surface area contributed by atoms with Crippen LogP contribution < -0.4 is 5.56 Å². The number of fused-ring (bicyclic) bond motifs is 1. The standard InChI is InChI=1S/C15H11ClN2O/c16-11-6-7-12-13(9-11)17-14(18-15(12)19)8-10-4-2-1-3-5-10/h1-7,9H,8H2,(H,17,18,19). The topological polar surface area (TPSA) is 45.8 Å². The molecule has 19 heavy (non-hydrogen) atoms. The number of benzene rings is 2. The summed E-state index contributed by atoms with van der Waals surface area (Å²) < 4.78 is 0. The van der Waals surface area contributed by atoms with E-state index in [-0.39, 0.29) is 5.56 Å². The minimum Gasteiger partial charge on any atom is -0.310 e. The second-order valence-electron chi connectivity index (χ2n) is 4.34. The number of rotatable bonds is 2. The van der Waals surface area contributed by atoms with Crippen molar-refractivity contribution < 1.29 is 0 Å². The van der Waals surface area contributed by atoms with Crippen molar-refractivity contribution in [2.45, 2.75) is 6.42 Å². The summed E-state index contributed by atoms with van der Waals surface area (Å²) in [6.07, 6.45) is 0.596. The highest BCUT2D eigenvalue weighted by Gasteiger charge is 2.05. The maximum Gasteiger partial charge on any atom is 0.258 e. The summed E-state index contributed by atoms with van der Waals surface area (Å²) in [5.74, 6) is 0.644. The van der Waals surface area contributed by atoms with E-state index < -0.39 is 0 Å². The zero-order valence-electron chi connectivity index (χ0n) is 10.1. The Labute approximate surface area is 114 Å². The van der Waals surface area contributed by atoms with Crippen molar-refractivity contribution in [2.24, 2.45) is 0 Å². The molecule has 94 valence electrons. The molecule has 1 aromatic heterocycles. The molecule has 0 unspecified atom stereocenters.